The molecule has 4 aromatic rings. The van der Waals surface area contributed by atoms with Crippen LogP contribution < -0.4 is 10.1 Å². The van der Waals surface area contributed by atoms with Gasteiger partial charge in [0.15, 0.2) is 11.5 Å². The molecule has 148 valence electrons. The van der Waals surface area contributed by atoms with Crippen molar-refractivity contribution in [3.63, 3.8) is 0 Å². The second-order valence-corrected chi connectivity index (χ2v) is 7.67. The van der Waals surface area contributed by atoms with E-state index in [0.717, 1.165) is 34.0 Å². The number of hydrogen-bond acceptors (Lipinski definition) is 4. The predicted octanol–water partition coefficient (Wildman–Crippen LogP) is 4.81. The molecule has 29 heavy (non-hydrogen) atoms. The Hall–Kier alpha value is -3.41. The van der Waals surface area contributed by atoms with Gasteiger partial charge in [-0.25, -0.2) is 9.67 Å². The van der Waals surface area contributed by atoms with Crippen molar-refractivity contribution in [3.8, 4) is 5.75 Å². The van der Waals surface area contributed by atoms with E-state index in [1.165, 1.54) is 0 Å². The molecule has 0 unspecified atom stereocenters. The van der Waals surface area contributed by atoms with Gasteiger partial charge in [-0.15, -0.1) is 0 Å². The largest absolute Gasteiger partial charge is 0.497 e. The standard InChI is InChI=1S/C23H24N4O2/c1-14(2)13-27-22-19(12-16-9-8-15(3)10-20(16)24-22)21(26-27)25-23(28)17-6-5-7-18(11-17)29-4/h5-12,14H,13H2,1-4H3,(H,25,26,28). The van der Waals surface area contributed by atoms with E-state index in [0.29, 0.717) is 23.0 Å². The lowest BCUT2D eigenvalue weighted by Crippen LogP contribution is -2.13. The SMILES string of the molecule is COc1cccc(C(=O)Nc2nn(CC(C)C)c3nc4cc(C)ccc4cc23)c1. The molecule has 2 heterocycles. The van der Waals surface area contributed by atoms with Crippen molar-refractivity contribution in [1.82, 2.24) is 14.8 Å². The normalized spacial score (nSPS) is 11.3. The van der Waals surface area contributed by atoms with E-state index in [-0.39, 0.29) is 5.91 Å². The highest BCUT2D eigenvalue weighted by molar-refractivity contribution is 6.09. The summed E-state index contributed by atoms with van der Waals surface area (Å²) in [5.41, 5.74) is 3.37. The quantitative estimate of drug-likeness (QED) is 0.533. The number of aryl methyl sites for hydroxylation is 1. The number of pyridine rings is 1. The van der Waals surface area contributed by atoms with Gasteiger partial charge in [-0.2, -0.15) is 5.10 Å². The van der Waals surface area contributed by atoms with Crippen LogP contribution in [-0.2, 0) is 6.54 Å². The van der Waals surface area contributed by atoms with Gasteiger partial charge in [0.1, 0.15) is 5.75 Å². The first-order chi connectivity index (χ1) is 13.9. The molecule has 0 aliphatic heterocycles. The van der Waals surface area contributed by atoms with Crippen LogP contribution >= 0.6 is 0 Å². The molecule has 0 aliphatic rings. The summed E-state index contributed by atoms with van der Waals surface area (Å²) in [6.07, 6.45) is 0. The number of carbonyl (C=O) groups excluding carboxylic acids is 1. The van der Waals surface area contributed by atoms with Crippen LogP contribution in [0.4, 0.5) is 5.82 Å². The third kappa shape index (κ3) is 3.78. The van der Waals surface area contributed by atoms with Crippen LogP contribution in [0.5, 0.6) is 5.75 Å². The van der Waals surface area contributed by atoms with Gasteiger partial charge in [0.25, 0.3) is 5.91 Å². The number of hydrogen-bond donors (Lipinski definition) is 1. The summed E-state index contributed by atoms with van der Waals surface area (Å²) < 4.78 is 7.10. The highest BCUT2D eigenvalue weighted by Crippen LogP contribution is 2.27. The fourth-order valence-electron chi connectivity index (χ4n) is 3.37. The highest BCUT2D eigenvalue weighted by Gasteiger charge is 2.17. The van der Waals surface area contributed by atoms with Crippen molar-refractivity contribution in [2.24, 2.45) is 5.92 Å². The highest BCUT2D eigenvalue weighted by atomic mass is 16.5. The summed E-state index contributed by atoms with van der Waals surface area (Å²) in [4.78, 5) is 17.7. The zero-order chi connectivity index (χ0) is 20.5. The molecule has 6 heteroatoms. The van der Waals surface area contributed by atoms with Crippen LogP contribution in [0.15, 0.2) is 48.5 Å². The van der Waals surface area contributed by atoms with E-state index in [9.17, 15) is 4.79 Å². The molecule has 0 aliphatic carbocycles. The smallest absolute Gasteiger partial charge is 0.257 e. The number of amides is 1. The number of methoxy groups -OCH3 is 1. The summed E-state index contributed by atoms with van der Waals surface area (Å²) in [6.45, 7) is 7.03. The van der Waals surface area contributed by atoms with E-state index < -0.39 is 0 Å². The molecule has 0 saturated heterocycles. The topological polar surface area (TPSA) is 69.0 Å². The average Bonchev–Trinajstić information content (AvgIpc) is 3.01. The molecule has 0 spiro atoms. The summed E-state index contributed by atoms with van der Waals surface area (Å²) >= 11 is 0. The van der Waals surface area contributed by atoms with E-state index in [4.69, 9.17) is 9.72 Å². The van der Waals surface area contributed by atoms with Crippen LogP contribution in [0.2, 0.25) is 0 Å². The molecule has 1 N–H and O–H groups in total. The average molecular weight is 388 g/mol. The van der Waals surface area contributed by atoms with E-state index in [1.54, 1.807) is 25.3 Å². The monoisotopic (exact) mass is 388 g/mol. The lowest BCUT2D eigenvalue weighted by Gasteiger charge is -2.06. The Morgan fingerprint density at radius 2 is 2.00 bits per heavy atom. The molecule has 2 aromatic carbocycles. The fourth-order valence-corrected chi connectivity index (χ4v) is 3.37. The molecular formula is C23H24N4O2. The van der Waals surface area contributed by atoms with Crippen molar-refractivity contribution in [2.75, 3.05) is 12.4 Å². The maximum atomic E-state index is 12.8. The van der Waals surface area contributed by atoms with Crippen LogP contribution in [0.25, 0.3) is 21.9 Å². The van der Waals surface area contributed by atoms with Crippen molar-refractivity contribution < 1.29 is 9.53 Å². The fraction of sp³-hybridized carbons (Fsp3) is 0.261. The minimum absolute atomic E-state index is 0.232. The van der Waals surface area contributed by atoms with Crippen molar-refractivity contribution >= 4 is 33.7 Å². The Bertz CT molecular complexity index is 1210. The van der Waals surface area contributed by atoms with Gasteiger partial charge in [0, 0.05) is 17.5 Å². The van der Waals surface area contributed by atoms with Crippen molar-refractivity contribution in [3.05, 3.63) is 59.7 Å². The lowest BCUT2D eigenvalue weighted by atomic mass is 10.1. The van der Waals surface area contributed by atoms with E-state index >= 15 is 0 Å². The number of aromatic nitrogens is 3. The molecule has 0 atom stereocenters. The van der Waals surface area contributed by atoms with Gasteiger partial charge in [0.2, 0.25) is 0 Å². The molecular weight excluding hydrogens is 364 g/mol. The molecule has 6 nitrogen and oxygen atoms in total. The first-order valence-corrected chi connectivity index (χ1v) is 9.68. The zero-order valence-electron chi connectivity index (χ0n) is 17.1. The second-order valence-electron chi connectivity index (χ2n) is 7.67. The number of nitrogens with zero attached hydrogens (tertiary/aromatic N) is 3. The summed E-state index contributed by atoms with van der Waals surface area (Å²) in [6, 6.07) is 15.3. The molecule has 1 amide bonds. The second kappa shape index (κ2) is 7.54. The van der Waals surface area contributed by atoms with Crippen LogP contribution in [0, 0.1) is 12.8 Å². The molecule has 0 saturated carbocycles. The maximum absolute atomic E-state index is 12.8. The van der Waals surface area contributed by atoms with Gasteiger partial charge < -0.3 is 10.1 Å². The Labute approximate surface area is 169 Å². The van der Waals surface area contributed by atoms with E-state index in [1.807, 2.05) is 22.9 Å². The summed E-state index contributed by atoms with van der Waals surface area (Å²) in [7, 11) is 1.58. The number of carbonyl (C=O) groups is 1. The maximum Gasteiger partial charge on any atom is 0.257 e. The van der Waals surface area contributed by atoms with Gasteiger partial charge >= 0.3 is 0 Å². The molecule has 0 radical (unpaired) electrons. The number of benzene rings is 2. The number of ether oxygens (including phenoxy) is 1. The van der Waals surface area contributed by atoms with Crippen molar-refractivity contribution in [2.45, 2.75) is 27.3 Å². The third-order valence-corrected chi connectivity index (χ3v) is 4.78. The predicted molar refractivity (Wildman–Crippen MR) is 116 cm³/mol. The van der Waals surface area contributed by atoms with Crippen LogP contribution in [0.1, 0.15) is 29.8 Å². The van der Waals surface area contributed by atoms with Gasteiger partial charge in [-0.3, -0.25) is 4.79 Å². The Kier molecular flexibility index (Phi) is 4.92. The molecule has 0 bridgehead atoms. The van der Waals surface area contributed by atoms with E-state index in [2.05, 4.69) is 43.3 Å². The first kappa shape index (κ1) is 18.9. The van der Waals surface area contributed by atoms with Gasteiger partial charge in [-0.05, 0) is 48.7 Å². The Morgan fingerprint density at radius 3 is 2.76 bits per heavy atom. The number of anilines is 1. The molecule has 4 rings (SSSR count). The Morgan fingerprint density at radius 1 is 1.17 bits per heavy atom. The van der Waals surface area contributed by atoms with Gasteiger partial charge in [-0.1, -0.05) is 32.0 Å². The summed E-state index contributed by atoms with van der Waals surface area (Å²) in [5.74, 6) is 1.32. The van der Waals surface area contributed by atoms with Gasteiger partial charge in [0.05, 0.1) is 18.0 Å². The first-order valence-electron chi connectivity index (χ1n) is 9.68. The minimum atomic E-state index is -0.232. The zero-order valence-corrected chi connectivity index (χ0v) is 17.1. The van der Waals surface area contributed by atoms with Crippen LogP contribution in [0.3, 0.4) is 0 Å². The lowest BCUT2D eigenvalue weighted by molar-refractivity contribution is 0.102. The van der Waals surface area contributed by atoms with Crippen LogP contribution in [-0.4, -0.2) is 27.8 Å². The molecule has 0 fully saturated rings. The number of fused-ring (bicyclic) bond motifs is 2. The number of nitrogens with one attached hydrogen (secondary N) is 1. The minimum Gasteiger partial charge on any atom is -0.497 e. The van der Waals surface area contributed by atoms with Crippen molar-refractivity contribution in [1.29, 1.82) is 0 Å². The summed E-state index contributed by atoms with van der Waals surface area (Å²) in [5, 5.41) is 9.48. The Balaban J connectivity index is 1.80. The molecule has 2 aromatic heterocycles. The number of rotatable bonds is 5. The third-order valence-electron chi connectivity index (χ3n) is 4.78.